The minimum Gasteiger partial charge on any atom is -0.496 e. The second-order valence-corrected chi connectivity index (χ2v) is 10.6. The smallest absolute Gasteiger partial charge is 0.309 e. The summed E-state index contributed by atoms with van der Waals surface area (Å²) in [4.78, 5) is 26.2. The third-order valence-electron chi connectivity index (χ3n) is 7.98. The van der Waals surface area contributed by atoms with E-state index in [1.165, 1.54) is 13.2 Å². The standard InChI is InChI=1S/C33H30FN5O3/c1-19-23(21-12-27(34)26(31(13-21)42-3)18-39-16-22(17-39)33(40)41)6-4-7-24(19)25-8-5-9-28(20(25)2)38-30-15-35-14-29-32(30)37-11-10-36-29/h4-15,22,38H,16-18H2,1-3H3,(H,40,41). The van der Waals surface area contributed by atoms with Crippen molar-refractivity contribution >= 4 is 28.4 Å². The summed E-state index contributed by atoms with van der Waals surface area (Å²) in [5, 5.41) is 12.7. The number of carboxylic acid groups (broad SMARTS) is 1. The molecule has 42 heavy (non-hydrogen) atoms. The van der Waals surface area contributed by atoms with E-state index in [-0.39, 0.29) is 5.82 Å². The van der Waals surface area contributed by atoms with Crippen molar-refractivity contribution in [2.75, 3.05) is 25.5 Å². The molecule has 0 saturated carbocycles. The van der Waals surface area contributed by atoms with Crippen LogP contribution in [0.3, 0.4) is 0 Å². The van der Waals surface area contributed by atoms with Crippen LogP contribution in [-0.4, -0.2) is 51.1 Å². The Labute approximate surface area is 242 Å². The molecule has 6 rings (SSSR count). The number of carbonyl (C=O) groups is 1. The lowest BCUT2D eigenvalue weighted by Gasteiger charge is -2.36. The molecule has 1 aliphatic rings. The number of aromatic nitrogens is 3. The molecule has 9 heteroatoms. The van der Waals surface area contributed by atoms with Gasteiger partial charge in [-0.1, -0.05) is 30.3 Å². The number of ether oxygens (including phenoxy) is 1. The number of likely N-dealkylation sites (tertiary alicyclic amines) is 1. The van der Waals surface area contributed by atoms with Gasteiger partial charge >= 0.3 is 5.97 Å². The number of nitrogens with one attached hydrogen (secondary N) is 1. The number of pyridine rings is 1. The van der Waals surface area contributed by atoms with Crippen LogP contribution in [0.2, 0.25) is 0 Å². The van der Waals surface area contributed by atoms with Crippen LogP contribution in [0.15, 0.2) is 73.3 Å². The molecule has 8 nitrogen and oxygen atoms in total. The van der Waals surface area contributed by atoms with Crippen LogP contribution in [0.5, 0.6) is 5.75 Å². The highest BCUT2D eigenvalue weighted by Crippen LogP contribution is 2.39. The van der Waals surface area contributed by atoms with Gasteiger partial charge in [-0.25, -0.2) is 4.39 Å². The van der Waals surface area contributed by atoms with E-state index < -0.39 is 11.9 Å². The van der Waals surface area contributed by atoms with Crippen molar-refractivity contribution in [2.45, 2.75) is 20.4 Å². The van der Waals surface area contributed by atoms with Crippen LogP contribution in [0.25, 0.3) is 33.3 Å². The maximum absolute atomic E-state index is 15.5. The van der Waals surface area contributed by atoms with Crippen molar-refractivity contribution in [2.24, 2.45) is 5.92 Å². The molecule has 1 aliphatic heterocycles. The van der Waals surface area contributed by atoms with Crippen LogP contribution < -0.4 is 10.1 Å². The number of anilines is 2. The Balaban J connectivity index is 1.32. The molecule has 5 aromatic rings. The number of aliphatic carboxylic acids is 1. The van der Waals surface area contributed by atoms with Gasteiger partial charge in [-0.3, -0.25) is 24.6 Å². The van der Waals surface area contributed by atoms with Crippen molar-refractivity contribution in [1.82, 2.24) is 19.9 Å². The molecular formula is C33H30FN5O3. The van der Waals surface area contributed by atoms with Gasteiger partial charge in [0, 0.05) is 43.3 Å². The number of methoxy groups -OCH3 is 1. The molecule has 0 amide bonds. The number of nitrogens with zero attached hydrogens (tertiary/aromatic N) is 4. The second-order valence-electron chi connectivity index (χ2n) is 10.6. The third-order valence-corrected chi connectivity index (χ3v) is 7.98. The Bertz CT molecular complexity index is 1810. The summed E-state index contributed by atoms with van der Waals surface area (Å²) < 4.78 is 21.1. The number of halogens is 1. The fraction of sp³-hybridized carbons (Fsp3) is 0.212. The van der Waals surface area contributed by atoms with Gasteiger partial charge in [0.2, 0.25) is 0 Å². The Kier molecular flexibility index (Phi) is 7.26. The average molecular weight is 564 g/mol. The number of carboxylic acids is 1. The summed E-state index contributed by atoms with van der Waals surface area (Å²) in [5.41, 5.74) is 9.33. The van der Waals surface area contributed by atoms with Gasteiger partial charge in [-0.2, -0.15) is 0 Å². The van der Waals surface area contributed by atoms with Crippen molar-refractivity contribution in [3.05, 3.63) is 95.8 Å². The van der Waals surface area contributed by atoms with Crippen molar-refractivity contribution < 1.29 is 19.0 Å². The van der Waals surface area contributed by atoms with E-state index in [0.717, 1.165) is 44.7 Å². The maximum Gasteiger partial charge on any atom is 0.309 e. The molecule has 2 aromatic heterocycles. The van der Waals surface area contributed by atoms with E-state index in [2.05, 4.69) is 39.3 Å². The van der Waals surface area contributed by atoms with Crippen LogP contribution in [0, 0.1) is 25.6 Å². The van der Waals surface area contributed by atoms with Crippen LogP contribution in [-0.2, 0) is 11.3 Å². The van der Waals surface area contributed by atoms with E-state index >= 15 is 4.39 Å². The Morgan fingerprint density at radius 2 is 1.71 bits per heavy atom. The highest BCUT2D eigenvalue weighted by Gasteiger charge is 2.33. The number of benzene rings is 3. The molecule has 0 atom stereocenters. The molecule has 212 valence electrons. The lowest BCUT2D eigenvalue weighted by Crippen LogP contribution is -2.49. The van der Waals surface area contributed by atoms with Gasteiger partial charge < -0.3 is 15.2 Å². The van der Waals surface area contributed by atoms with Gasteiger partial charge in [0.15, 0.2) is 0 Å². The van der Waals surface area contributed by atoms with Gasteiger partial charge in [0.05, 0.1) is 31.1 Å². The summed E-state index contributed by atoms with van der Waals surface area (Å²) in [7, 11) is 1.53. The SMILES string of the molecule is COc1cc(-c2cccc(-c3cccc(Nc4cncc5nccnc45)c3C)c2C)cc(F)c1CN1CC(C(=O)O)C1. The lowest BCUT2D eigenvalue weighted by atomic mass is 9.90. The van der Waals surface area contributed by atoms with E-state index in [1.54, 1.807) is 24.8 Å². The number of hydrogen-bond acceptors (Lipinski definition) is 7. The first kappa shape index (κ1) is 27.3. The first-order valence-corrected chi connectivity index (χ1v) is 13.7. The van der Waals surface area contributed by atoms with Gasteiger partial charge in [-0.15, -0.1) is 0 Å². The molecule has 0 aliphatic carbocycles. The summed E-state index contributed by atoms with van der Waals surface area (Å²) >= 11 is 0. The zero-order chi connectivity index (χ0) is 29.4. The monoisotopic (exact) mass is 563 g/mol. The Morgan fingerprint density at radius 3 is 2.48 bits per heavy atom. The molecule has 2 N–H and O–H groups in total. The number of hydrogen-bond donors (Lipinski definition) is 2. The summed E-state index contributed by atoms with van der Waals surface area (Å²) in [6, 6.07) is 15.5. The zero-order valence-corrected chi connectivity index (χ0v) is 23.6. The van der Waals surface area contributed by atoms with Gasteiger partial charge in [0.1, 0.15) is 22.6 Å². The van der Waals surface area contributed by atoms with Crippen LogP contribution in [0.1, 0.15) is 16.7 Å². The topological polar surface area (TPSA) is 100 Å². The molecule has 1 fully saturated rings. The average Bonchev–Trinajstić information content (AvgIpc) is 2.96. The van der Waals surface area contributed by atoms with E-state index in [9.17, 15) is 4.79 Å². The maximum atomic E-state index is 15.5. The molecule has 0 unspecified atom stereocenters. The van der Waals surface area contributed by atoms with E-state index in [0.29, 0.717) is 42.0 Å². The second kappa shape index (κ2) is 11.2. The molecule has 0 radical (unpaired) electrons. The van der Waals surface area contributed by atoms with E-state index in [1.807, 2.05) is 42.2 Å². The molecule has 0 bridgehead atoms. The molecular weight excluding hydrogens is 533 g/mol. The van der Waals surface area contributed by atoms with Crippen LogP contribution >= 0.6 is 0 Å². The minimum atomic E-state index is -0.819. The molecule has 3 heterocycles. The number of rotatable bonds is 8. The predicted molar refractivity (Wildman–Crippen MR) is 160 cm³/mol. The first-order chi connectivity index (χ1) is 20.3. The quantitative estimate of drug-likeness (QED) is 0.224. The lowest BCUT2D eigenvalue weighted by molar-refractivity contribution is -0.147. The largest absolute Gasteiger partial charge is 0.496 e. The minimum absolute atomic E-state index is 0.300. The zero-order valence-electron chi connectivity index (χ0n) is 23.6. The first-order valence-electron chi connectivity index (χ1n) is 13.7. The molecule has 1 saturated heterocycles. The highest BCUT2D eigenvalue weighted by atomic mass is 19.1. The summed E-state index contributed by atoms with van der Waals surface area (Å²) in [5.74, 6) is -1.15. The Morgan fingerprint density at radius 1 is 1.00 bits per heavy atom. The normalized spacial score (nSPS) is 13.6. The van der Waals surface area contributed by atoms with Crippen molar-refractivity contribution in [1.29, 1.82) is 0 Å². The predicted octanol–water partition coefficient (Wildman–Crippen LogP) is 6.38. The molecule has 0 spiro atoms. The molecule has 3 aromatic carbocycles. The highest BCUT2D eigenvalue weighted by molar-refractivity contribution is 5.90. The summed E-state index contributed by atoms with van der Waals surface area (Å²) in [6.07, 6.45) is 6.74. The fourth-order valence-corrected chi connectivity index (χ4v) is 5.62. The van der Waals surface area contributed by atoms with Crippen molar-refractivity contribution in [3.8, 4) is 28.0 Å². The Hall–Kier alpha value is -4.89. The summed E-state index contributed by atoms with van der Waals surface area (Å²) in [6.45, 7) is 5.21. The van der Waals surface area contributed by atoms with E-state index in [4.69, 9.17) is 9.84 Å². The van der Waals surface area contributed by atoms with Crippen LogP contribution in [0.4, 0.5) is 15.8 Å². The third kappa shape index (κ3) is 5.03. The number of fused-ring (bicyclic) bond motifs is 1. The van der Waals surface area contributed by atoms with Gasteiger partial charge in [-0.05, 0) is 65.4 Å². The van der Waals surface area contributed by atoms with Gasteiger partial charge in [0.25, 0.3) is 0 Å². The van der Waals surface area contributed by atoms with Crippen molar-refractivity contribution in [3.63, 3.8) is 0 Å². The fourth-order valence-electron chi connectivity index (χ4n) is 5.62.